The second-order valence-corrected chi connectivity index (χ2v) is 4.29. The van der Waals surface area contributed by atoms with Gasteiger partial charge < -0.3 is 10.1 Å². The maximum Gasteiger partial charge on any atom is 0.227 e. The van der Waals surface area contributed by atoms with Crippen LogP contribution in [0.15, 0.2) is 29.1 Å². The van der Waals surface area contributed by atoms with Gasteiger partial charge in [0, 0.05) is 29.5 Å². The van der Waals surface area contributed by atoms with Crippen LogP contribution in [0.4, 0.5) is 5.95 Å². The van der Waals surface area contributed by atoms with Crippen LogP contribution >= 0.6 is 15.9 Å². The first-order chi connectivity index (χ1) is 8.19. The van der Waals surface area contributed by atoms with Crippen molar-refractivity contribution in [3.05, 3.63) is 34.7 Å². The molecule has 2 aromatic heterocycles. The van der Waals surface area contributed by atoms with Crippen molar-refractivity contribution in [2.75, 3.05) is 12.4 Å². The predicted molar refractivity (Wildman–Crippen MR) is 68.3 cm³/mol. The second kappa shape index (κ2) is 5.09. The van der Waals surface area contributed by atoms with Gasteiger partial charge >= 0.3 is 0 Å². The van der Waals surface area contributed by atoms with Crippen LogP contribution in [0.2, 0.25) is 0 Å². The summed E-state index contributed by atoms with van der Waals surface area (Å²) in [4.78, 5) is 12.3. The minimum absolute atomic E-state index is 0.518. The van der Waals surface area contributed by atoms with Gasteiger partial charge in [0.15, 0.2) is 0 Å². The van der Waals surface area contributed by atoms with E-state index >= 15 is 0 Å². The molecule has 5 nitrogen and oxygen atoms in total. The van der Waals surface area contributed by atoms with Gasteiger partial charge in [-0.25, -0.2) is 4.98 Å². The summed E-state index contributed by atoms with van der Waals surface area (Å²) in [7, 11) is 1.76. The molecule has 0 aliphatic rings. The summed E-state index contributed by atoms with van der Waals surface area (Å²) < 4.78 is 6.51. The molecule has 0 unspecified atom stereocenters. The number of halogens is 1. The highest BCUT2D eigenvalue weighted by molar-refractivity contribution is 9.10. The normalized spacial score (nSPS) is 10.1. The molecule has 17 heavy (non-hydrogen) atoms. The van der Waals surface area contributed by atoms with Crippen molar-refractivity contribution in [3.8, 4) is 11.6 Å². The molecule has 0 spiro atoms. The van der Waals surface area contributed by atoms with Crippen molar-refractivity contribution in [3.63, 3.8) is 0 Å². The fourth-order valence-corrected chi connectivity index (χ4v) is 1.55. The number of anilines is 1. The molecule has 0 saturated carbocycles. The summed E-state index contributed by atoms with van der Waals surface area (Å²) in [6.45, 7) is 1.89. The monoisotopic (exact) mass is 294 g/mol. The van der Waals surface area contributed by atoms with Gasteiger partial charge in [0.05, 0.1) is 6.20 Å². The first kappa shape index (κ1) is 11.8. The predicted octanol–water partition coefficient (Wildman–Crippen LogP) is 2.78. The molecule has 2 heterocycles. The fraction of sp³-hybridized carbons (Fsp3) is 0.182. The van der Waals surface area contributed by atoms with Crippen LogP contribution in [-0.4, -0.2) is 22.0 Å². The van der Waals surface area contributed by atoms with Gasteiger partial charge in [-0.3, -0.25) is 4.98 Å². The zero-order chi connectivity index (χ0) is 12.3. The van der Waals surface area contributed by atoms with E-state index in [1.54, 1.807) is 25.6 Å². The Morgan fingerprint density at radius 3 is 2.82 bits per heavy atom. The summed E-state index contributed by atoms with van der Waals surface area (Å²) in [5, 5.41) is 2.86. The van der Waals surface area contributed by atoms with Crippen LogP contribution in [0.1, 0.15) is 5.56 Å². The minimum Gasteiger partial charge on any atom is -0.437 e. The number of aryl methyl sites for hydroxylation is 1. The molecule has 0 atom stereocenters. The topological polar surface area (TPSA) is 59.9 Å². The van der Waals surface area contributed by atoms with Crippen molar-refractivity contribution in [1.82, 2.24) is 15.0 Å². The second-order valence-electron chi connectivity index (χ2n) is 3.37. The van der Waals surface area contributed by atoms with Crippen molar-refractivity contribution in [1.29, 1.82) is 0 Å². The smallest absolute Gasteiger partial charge is 0.227 e. The zero-order valence-corrected chi connectivity index (χ0v) is 11.0. The first-order valence-electron chi connectivity index (χ1n) is 4.99. The molecule has 6 heteroatoms. The number of hydrogen-bond donors (Lipinski definition) is 1. The maximum atomic E-state index is 5.65. The third-order valence-corrected chi connectivity index (χ3v) is 2.48. The van der Waals surface area contributed by atoms with E-state index in [1.807, 2.05) is 13.0 Å². The van der Waals surface area contributed by atoms with Crippen molar-refractivity contribution in [2.24, 2.45) is 0 Å². The van der Waals surface area contributed by atoms with Crippen molar-refractivity contribution >= 4 is 21.9 Å². The van der Waals surface area contributed by atoms with Crippen LogP contribution in [0.5, 0.6) is 11.6 Å². The molecule has 0 radical (unpaired) electrons. The van der Waals surface area contributed by atoms with E-state index in [0.717, 1.165) is 10.0 Å². The zero-order valence-electron chi connectivity index (χ0n) is 9.44. The molecule has 0 fully saturated rings. The minimum atomic E-state index is 0.518. The Balaban J connectivity index is 2.29. The van der Waals surface area contributed by atoms with E-state index < -0.39 is 0 Å². The van der Waals surface area contributed by atoms with Gasteiger partial charge in [0.1, 0.15) is 5.75 Å². The molecule has 2 rings (SSSR count). The SMILES string of the molecule is CNc1ncc(C)c(Oc2cncc(Br)c2)n1. The molecular weight excluding hydrogens is 284 g/mol. The molecule has 0 aromatic carbocycles. The Hall–Kier alpha value is -1.69. The maximum absolute atomic E-state index is 5.65. The Labute approximate surface area is 107 Å². The fourth-order valence-electron chi connectivity index (χ4n) is 1.21. The average molecular weight is 295 g/mol. The van der Waals surface area contributed by atoms with Crippen LogP contribution in [0.25, 0.3) is 0 Å². The van der Waals surface area contributed by atoms with Crippen molar-refractivity contribution < 1.29 is 4.74 Å². The first-order valence-corrected chi connectivity index (χ1v) is 5.78. The Kier molecular flexibility index (Phi) is 3.53. The molecule has 1 N–H and O–H groups in total. The number of pyridine rings is 1. The lowest BCUT2D eigenvalue weighted by Crippen LogP contribution is -1.99. The Morgan fingerprint density at radius 2 is 2.12 bits per heavy atom. The van der Waals surface area contributed by atoms with Crippen molar-refractivity contribution in [2.45, 2.75) is 6.92 Å². The third kappa shape index (κ3) is 2.91. The molecule has 0 aliphatic heterocycles. The lowest BCUT2D eigenvalue weighted by atomic mass is 10.4. The Morgan fingerprint density at radius 1 is 1.29 bits per heavy atom. The van der Waals surface area contributed by atoms with Gasteiger partial charge in [-0.05, 0) is 28.9 Å². The van der Waals surface area contributed by atoms with Crippen LogP contribution < -0.4 is 10.1 Å². The van der Waals surface area contributed by atoms with Gasteiger partial charge in [-0.1, -0.05) is 0 Å². The number of hydrogen-bond acceptors (Lipinski definition) is 5. The number of aromatic nitrogens is 3. The van der Waals surface area contributed by atoms with Gasteiger partial charge in [-0.2, -0.15) is 4.98 Å². The number of nitrogens with one attached hydrogen (secondary N) is 1. The Bertz CT molecular complexity index is 533. The molecule has 0 amide bonds. The molecule has 88 valence electrons. The molecule has 0 bridgehead atoms. The molecule has 0 saturated heterocycles. The van der Waals surface area contributed by atoms with Crippen LogP contribution in [0, 0.1) is 6.92 Å². The summed E-state index contributed by atoms with van der Waals surface area (Å²) >= 11 is 3.33. The van der Waals surface area contributed by atoms with E-state index in [0.29, 0.717) is 17.6 Å². The lowest BCUT2D eigenvalue weighted by Gasteiger charge is -2.08. The van der Waals surface area contributed by atoms with E-state index in [9.17, 15) is 0 Å². The largest absolute Gasteiger partial charge is 0.437 e. The summed E-state index contributed by atoms with van der Waals surface area (Å²) in [5.41, 5.74) is 0.865. The molecule has 0 aliphatic carbocycles. The highest BCUT2D eigenvalue weighted by Crippen LogP contribution is 2.24. The standard InChI is InChI=1S/C11H11BrN4O/c1-7-4-15-11(13-2)16-10(7)17-9-3-8(12)5-14-6-9/h3-6H,1-2H3,(H,13,15,16). The summed E-state index contributed by atoms with van der Waals surface area (Å²) in [5.74, 6) is 1.67. The highest BCUT2D eigenvalue weighted by atomic mass is 79.9. The van der Waals surface area contributed by atoms with Gasteiger partial charge in [0.25, 0.3) is 0 Å². The van der Waals surface area contributed by atoms with E-state index in [2.05, 4.69) is 36.2 Å². The average Bonchev–Trinajstić information content (AvgIpc) is 2.32. The lowest BCUT2D eigenvalue weighted by molar-refractivity contribution is 0.456. The van der Waals surface area contributed by atoms with Crippen LogP contribution in [0.3, 0.4) is 0 Å². The van der Waals surface area contributed by atoms with Gasteiger partial charge in [0.2, 0.25) is 11.8 Å². The molecule has 2 aromatic rings. The third-order valence-electron chi connectivity index (χ3n) is 2.04. The number of ether oxygens (including phenoxy) is 1. The van der Waals surface area contributed by atoms with Crippen LogP contribution in [-0.2, 0) is 0 Å². The van der Waals surface area contributed by atoms with E-state index in [-0.39, 0.29) is 0 Å². The highest BCUT2D eigenvalue weighted by Gasteiger charge is 2.06. The quantitative estimate of drug-likeness (QED) is 0.943. The van der Waals surface area contributed by atoms with Gasteiger partial charge in [-0.15, -0.1) is 0 Å². The molecular formula is C11H11BrN4O. The van der Waals surface area contributed by atoms with E-state index in [1.165, 1.54) is 0 Å². The summed E-state index contributed by atoms with van der Waals surface area (Å²) in [6, 6.07) is 1.83. The number of nitrogens with zero attached hydrogens (tertiary/aromatic N) is 3. The summed E-state index contributed by atoms with van der Waals surface area (Å²) in [6.07, 6.45) is 5.03. The van der Waals surface area contributed by atoms with E-state index in [4.69, 9.17) is 4.74 Å². The number of rotatable bonds is 3.